The molecule has 1 aromatic rings. The van der Waals surface area contributed by atoms with Crippen molar-refractivity contribution in [2.45, 2.75) is 30.1 Å². The Bertz CT molecular complexity index is 563. The quantitative estimate of drug-likeness (QED) is 0.841. The largest absolute Gasteiger partial charge is 0.480 e. The fourth-order valence-electron chi connectivity index (χ4n) is 2.97. The molecular formula is C16H18N2O2S. The zero-order valence-electron chi connectivity index (χ0n) is 12.0. The van der Waals surface area contributed by atoms with Crippen LogP contribution in [0, 0.1) is 11.3 Å². The third-order valence-corrected chi connectivity index (χ3v) is 5.68. The van der Waals surface area contributed by atoms with E-state index in [0.29, 0.717) is 19.5 Å². The first kappa shape index (κ1) is 14.3. The number of benzene rings is 1. The monoisotopic (exact) mass is 302 g/mol. The molecule has 0 spiro atoms. The van der Waals surface area contributed by atoms with Crippen LogP contribution >= 0.6 is 11.8 Å². The van der Waals surface area contributed by atoms with Gasteiger partial charge in [-0.25, -0.2) is 0 Å². The summed E-state index contributed by atoms with van der Waals surface area (Å²) in [6, 6.07) is 10.2. The van der Waals surface area contributed by atoms with Crippen molar-refractivity contribution in [3.63, 3.8) is 0 Å². The third-order valence-electron chi connectivity index (χ3n) is 4.40. The summed E-state index contributed by atoms with van der Waals surface area (Å²) in [6.07, 6.45) is 3.69. The van der Waals surface area contributed by atoms with E-state index in [4.69, 9.17) is 4.74 Å². The summed E-state index contributed by atoms with van der Waals surface area (Å²) in [4.78, 5) is 14.4. The number of para-hydroxylation sites is 1. The number of nitrogens with zero attached hydrogens (tertiary/aromatic N) is 2. The molecule has 4 nitrogen and oxygen atoms in total. The van der Waals surface area contributed by atoms with Gasteiger partial charge >= 0.3 is 0 Å². The lowest BCUT2D eigenvalue weighted by Crippen LogP contribution is -2.48. The predicted octanol–water partition coefficient (Wildman–Crippen LogP) is 2.24. The second kappa shape index (κ2) is 5.61. The van der Waals surface area contributed by atoms with Crippen molar-refractivity contribution in [1.82, 2.24) is 4.90 Å². The van der Waals surface area contributed by atoms with Gasteiger partial charge in [-0.2, -0.15) is 5.26 Å². The number of likely N-dealkylation sites (tertiary alicyclic amines) is 1. The Kier molecular flexibility index (Phi) is 3.81. The fourth-order valence-corrected chi connectivity index (χ4v) is 3.66. The number of hydrogen-bond acceptors (Lipinski definition) is 4. The summed E-state index contributed by atoms with van der Waals surface area (Å²) in [7, 11) is 0. The molecule has 0 N–H and O–H groups in total. The Morgan fingerprint density at radius 2 is 2.14 bits per heavy atom. The molecule has 1 unspecified atom stereocenters. The molecular weight excluding hydrogens is 284 g/mol. The molecule has 2 aliphatic rings. The Hall–Kier alpha value is -1.67. The first-order chi connectivity index (χ1) is 10.2. The Morgan fingerprint density at radius 3 is 2.76 bits per heavy atom. The van der Waals surface area contributed by atoms with Crippen LogP contribution in [0.25, 0.3) is 0 Å². The zero-order chi connectivity index (χ0) is 14.9. The predicted molar refractivity (Wildman–Crippen MR) is 82.2 cm³/mol. The van der Waals surface area contributed by atoms with Gasteiger partial charge in [-0.15, -0.1) is 11.8 Å². The summed E-state index contributed by atoms with van der Waals surface area (Å²) >= 11 is 1.60. The van der Waals surface area contributed by atoms with E-state index in [2.05, 4.69) is 6.07 Å². The highest BCUT2D eigenvalue weighted by Crippen LogP contribution is 2.35. The van der Waals surface area contributed by atoms with Crippen LogP contribution in [0.3, 0.4) is 0 Å². The topological polar surface area (TPSA) is 53.3 Å². The summed E-state index contributed by atoms with van der Waals surface area (Å²) < 4.78 is 5.44. The number of carbonyl (C=O) groups is 1. The molecule has 0 bridgehead atoms. The van der Waals surface area contributed by atoms with Crippen LogP contribution < -0.4 is 4.74 Å². The summed E-state index contributed by atoms with van der Waals surface area (Å²) in [5.74, 6) is 0.877. The molecule has 0 aromatic heterocycles. The molecule has 1 fully saturated rings. The van der Waals surface area contributed by atoms with Gasteiger partial charge in [0.05, 0.1) is 6.07 Å². The van der Waals surface area contributed by atoms with Gasteiger partial charge in [0.2, 0.25) is 0 Å². The minimum atomic E-state index is -0.397. The molecule has 1 saturated heterocycles. The van der Waals surface area contributed by atoms with Crippen LogP contribution in [-0.4, -0.2) is 41.0 Å². The minimum absolute atomic E-state index is 0.0545. The Balaban J connectivity index is 1.63. The normalized spacial score (nSPS) is 23.0. The molecule has 2 heterocycles. The number of thioether (sulfide) groups is 1. The van der Waals surface area contributed by atoms with Gasteiger partial charge in [0, 0.05) is 19.5 Å². The van der Waals surface area contributed by atoms with Crippen molar-refractivity contribution in [3.8, 4) is 11.8 Å². The molecule has 3 rings (SSSR count). The van der Waals surface area contributed by atoms with Crippen molar-refractivity contribution in [1.29, 1.82) is 5.26 Å². The standard InChI is InChI=1S/C16H18N2O2S/c1-21-16(11-17)6-8-18(9-7-16)15(19)14-10-12-4-2-3-5-13(12)20-14/h2-5,14H,6-10H2,1H3. The first-order valence-electron chi connectivity index (χ1n) is 7.17. The van der Waals surface area contributed by atoms with Crippen LogP contribution in [0.5, 0.6) is 5.75 Å². The summed E-state index contributed by atoms with van der Waals surface area (Å²) in [5, 5.41) is 9.30. The molecule has 110 valence electrons. The summed E-state index contributed by atoms with van der Waals surface area (Å²) in [5.41, 5.74) is 1.10. The van der Waals surface area contributed by atoms with Gasteiger partial charge in [0.1, 0.15) is 10.5 Å². The number of amides is 1. The van der Waals surface area contributed by atoms with Gasteiger partial charge in [-0.3, -0.25) is 4.79 Å². The van der Waals surface area contributed by atoms with Crippen molar-refractivity contribution in [3.05, 3.63) is 29.8 Å². The number of carbonyl (C=O) groups excluding carboxylic acids is 1. The SMILES string of the molecule is CSC1(C#N)CCN(C(=O)C2Cc3ccccc3O2)CC1. The van der Waals surface area contributed by atoms with Crippen molar-refractivity contribution >= 4 is 17.7 Å². The minimum Gasteiger partial charge on any atom is -0.480 e. The average Bonchev–Trinajstić information content (AvgIpc) is 2.98. The maximum atomic E-state index is 12.6. The highest BCUT2D eigenvalue weighted by molar-refractivity contribution is 8.00. The van der Waals surface area contributed by atoms with Gasteiger partial charge in [-0.1, -0.05) is 18.2 Å². The number of ether oxygens (including phenoxy) is 1. The molecule has 2 aliphatic heterocycles. The van der Waals surface area contributed by atoms with Crippen LogP contribution in [-0.2, 0) is 11.2 Å². The van der Waals surface area contributed by atoms with Crippen LogP contribution in [0.1, 0.15) is 18.4 Å². The highest BCUT2D eigenvalue weighted by atomic mass is 32.2. The van der Waals surface area contributed by atoms with E-state index in [1.807, 2.05) is 35.4 Å². The van der Waals surface area contributed by atoms with E-state index in [1.165, 1.54) is 0 Å². The lowest BCUT2D eigenvalue weighted by Gasteiger charge is -2.37. The fraction of sp³-hybridized carbons (Fsp3) is 0.500. The van der Waals surface area contributed by atoms with E-state index in [1.54, 1.807) is 11.8 Å². The van der Waals surface area contributed by atoms with E-state index < -0.39 is 6.10 Å². The van der Waals surface area contributed by atoms with Crippen LogP contribution in [0.2, 0.25) is 0 Å². The number of piperidine rings is 1. The van der Waals surface area contributed by atoms with E-state index in [-0.39, 0.29) is 10.7 Å². The average molecular weight is 302 g/mol. The second-order valence-electron chi connectivity index (χ2n) is 5.55. The maximum Gasteiger partial charge on any atom is 0.263 e. The smallest absolute Gasteiger partial charge is 0.263 e. The lowest BCUT2D eigenvalue weighted by atomic mass is 9.96. The van der Waals surface area contributed by atoms with Crippen molar-refractivity contribution in [2.75, 3.05) is 19.3 Å². The number of rotatable bonds is 2. The Labute approximate surface area is 129 Å². The molecule has 1 atom stereocenters. The van der Waals surface area contributed by atoms with Crippen LogP contribution in [0.15, 0.2) is 24.3 Å². The van der Waals surface area contributed by atoms with Gasteiger partial charge in [-0.05, 0) is 30.7 Å². The van der Waals surface area contributed by atoms with E-state index >= 15 is 0 Å². The molecule has 0 aliphatic carbocycles. The van der Waals surface area contributed by atoms with Crippen molar-refractivity contribution < 1.29 is 9.53 Å². The first-order valence-corrected chi connectivity index (χ1v) is 8.40. The molecule has 5 heteroatoms. The Morgan fingerprint density at radius 1 is 1.43 bits per heavy atom. The lowest BCUT2D eigenvalue weighted by molar-refractivity contribution is -0.138. The number of hydrogen-bond donors (Lipinski definition) is 0. The zero-order valence-corrected chi connectivity index (χ0v) is 12.9. The van der Waals surface area contributed by atoms with Gasteiger partial charge < -0.3 is 9.64 Å². The van der Waals surface area contributed by atoms with E-state index in [9.17, 15) is 10.1 Å². The molecule has 1 amide bonds. The molecule has 1 aromatic carbocycles. The molecule has 0 radical (unpaired) electrons. The highest BCUT2D eigenvalue weighted by Gasteiger charge is 2.39. The van der Waals surface area contributed by atoms with Gasteiger partial charge in [0.25, 0.3) is 5.91 Å². The summed E-state index contributed by atoms with van der Waals surface area (Å²) in [6.45, 7) is 1.28. The van der Waals surface area contributed by atoms with Crippen molar-refractivity contribution in [2.24, 2.45) is 0 Å². The molecule has 21 heavy (non-hydrogen) atoms. The van der Waals surface area contributed by atoms with E-state index in [0.717, 1.165) is 24.2 Å². The van der Waals surface area contributed by atoms with Gasteiger partial charge in [0.15, 0.2) is 6.10 Å². The third kappa shape index (κ3) is 2.60. The number of nitriles is 1. The number of fused-ring (bicyclic) bond motifs is 1. The second-order valence-corrected chi connectivity index (χ2v) is 6.74. The maximum absolute atomic E-state index is 12.6. The van der Waals surface area contributed by atoms with Crippen LogP contribution in [0.4, 0.5) is 0 Å². The molecule has 0 saturated carbocycles.